The summed E-state index contributed by atoms with van der Waals surface area (Å²) < 4.78 is 10.7. The zero-order chi connectivity index (χ0) is 15.1. The minimum absolute atomic E-state index is 0.0101. The van der Waals surface area contributed by atoms with Crippen molar-refractivity contribution in [2.45, 2.75) is 25.8 Å². The van der Waals surface area contributed by atoms with E-state index in [0.717, 1.165) is 18.4 Å². The third kappa shape index (κ3) is 4.75. The third-order valence-corrected chi connectivity index (χ3v) is 3.38. The normalized spacial score (nSPS) is 16.5. The lowest BCUT2D eigenvalue weighted by Gasteiger charge is -2.23. The Hall–Kier alpha value is -2.08. The van der Waals surface area contributed by atoms with Crippen molar-refractivity contribution in [1.29, 1.82) is 0 Å². The molecule has 0 unspecified atom stereocenters. The predicted octanol–water partition coefficient (Wildman–Crippen LogP) is 1.56. The van der Waals surface area contributed by atoms with Gasteiger partial charge in [0.1, 0.15) is 5.75 Å². The first kappa shape index (κ1) is 15.3. The summed E-state index contributed by atoms with van der Waals surface area (Å²) >= 11 is 0. The molecule has 0 aromatic heterocycles. The topological polar surface area (TPSA) is 80.2 Å². The third-order valence-electron chi connectivity index (χ3n) is 3.38. The molecule has 0 bridgehead atoms. The molecule has 2 rings (SSSR count). The first-order chi connectivity index (χ1) is 10.2. The number of hydrogen-bond donors (Lipinski definition) is 2. The van der Waals surface area contributed by atoms with E-state index in [0.29, 0.717) is 24.7 Å². The van der Waals surface area contributed by atoms with E-state index in [1.807, 2.05) is 0 Å². The maximum atomic E-state index is 11.8. The number of carbonyl (C=O) groups excluding carboxylic acids is 1. The average Bonchev–Trinajstić information content (AvgIpc) is 2.53. The van der Waals surface area contributed by atoms with Crippen LogP contribution in [0.2, 0.25) is 0 Å². The van der Waals surface area contributed by atoms with Crippen LogP contribution in [0.25, 0.3) is 0 Å². The molecule has 1 aromatic carbocycles. The summed E-state index contributed by atoms with van der Waals surface area (Å²) in [5, 5.41) is 14.7. The monoisotopic (exact) mass is 292 g/mol. The second-order valence-corrected chi connectivity index (χ2v) is 4.95. The van der Waals surface area contributed by atoms with Crippen molar-refractivity contribution in [2.75, 3.05) is 19.8 Å². The molecule has 0 aliphatic carbocycles. The molecule has 0 atom stereocenters. The summed E-state index contributed by atoms with van der Waals surface area (Å²) in [5.74, 6) is 0.477. The number of oxime groups is 1. The molecule has 1 heterocycles. The van der Waals surface area contributed by atoms with Gasteiger partial charge in [-0.05, 0) is 49.6 Å². The van der Waals surface area contributed by atoms with Crippen LogP contribution in [0.1, 0.15) is 25.3 Å². The second kappa shape index (κ2) is 7.64. The summed E-state index contributed by atoms with van der Waals surface area (Å²) in [6.45, 7) is 3.08. The summed E-state index contributed by atoms with van der Waals surface area (Å²) in [5.41, 5.74) is 1.33. The number of amides is 1. The molecular weight excluding hydrogens is 272 g/mol. The number of nitrogens with zero attached hydrogens (tertiary/aromatic N) is 1. The number of benzene rings is 1. The van der Waals surface area contributed by atoms with Gasteiger partial charge in [0.2, 0.25) is 0 Å². The molecule has 1 fully saturated rings. The minimum atomic E-state index is -0.126. The number of nitrogens with one attached hydrogen (secondary N) is 1. The Morgan fingerprint density at radius 1 is 1.38 bits per heavy atom. The molecule has 6 nitrogen and oxygen atoms in total. The van der Waals surface area contributed by atoms with Crippen LogP contribution in [-0.4, -0.2) is 42.7 Å². The molecule has 1 aromatic rings. The number of hydrogen-bond acceptors (Lipinski definition) is 5. The van der Waals surface area contributed by atoms with E-state index in [2.05, 4.69) is 10.5 Å². The fourth-order valence-electron chi connectivity index (χ4n) is 2.11. The zero-order valence-electron chi connectivity index (χ0n) is 12.0. The van der Waals surface area contributed by atoms with Crippen LogP contribution < -0.4 is 10.1 Å². The second-order valence-electron chi connectivity index (χ2n) is 4.95. The lowest BCUT2D eigenvalue weighted by atomic mass is 10.1. The highest BCUT2D eigenvalue weighted by Crippen LogP contribution is 2.13. The van der Waals surface area contributed by atoms with E-state index in [-0.39, 0.29) is 18.6 Å². The summed E-state index contributed by atoms with van der Waals surface area (Å²) in [6.07, 6.45) is 1.69. The fraction of sp³-hybridized carbons (Fsp3) is 0.467. The van der Waals surface area contributed by atoms with Gasteiger partial charge in [0.25, 0.3) is 5.91 Å². The maximum absolute atomic E-state index is 11.8. The van der Waals surface area contributed by atoms with Gasteiger partial charge in [-0.2, -0.15) is 0 Å². The fourth-order valence-corrected chi connectivity index (χ4v) is 2.11. The smallest absolute Gasteiger partial charge is 0.258 e. The Balaban J connectivity index is 1.78. The van der Waals surface area contributed by atoms with E-state index in [4.69, 9.17) is 14.7 Å². The molecule has 1 saturated heterocycles. The van der Waals surface area contributed by atoms with Gasteiger partial charge in [-0.3, -0.25) is 4.79 Å². The zero-order valence-corrected chi connectivity index (χ0v) is 12.0. The maximum Gasteiger partial charge on any atom is 0.258 e. The van der Waals surface area contributed by atoms with Gasteiger partial charge < -0.3 is 20.0 Å². The molecule has 114 valence electrons. The number of ether oxygens (including phenoxy) is 2. The van der Waals surface area contributed by atoms with Crippen LogP contribution in [0.15, 0.2) is 29.4 Å². The number of rotatable bonds is 5. The Morgan fingerprint density at radius 2 is 2.05 bits per heavy atom. The molecule has 1 aliphatic heterocycles. The molecule has 6 heteroatoms. The van der Waals surface area contributed by atoms with Crippen molar-refractivity contribution >= 4 is 11.6 Å². The Labute approximate surface area is 123 Å². The Kier molecular flexibility index (Phi) is 5.57. The summed E-state index contributed by atoms with van der Waals surface area (Å²) in [4.78, 5) is 11.8. The van der Waals surface area contributed by atoms with Gasteiger partial charge in [0, 0.05) is 19.3 Å². The lowest BCUT2D eigenvalue weighted by Crippen LogP contribution is -2.41. The Morgan fingerprint density at radius 3 is 2.67 bits per heavy atom. The van der Waals surface area contributed by atoms with Gasteiger partial charge in [-0.15, -0.1) is 0 Å². The van der Waals surface area contributed by atoms with E-state index >= 15 is 0 Å². The van der Waals surface area contributed by atoms with Crippen molar-refractivity contribution in [3.05, 3.63) is 29.8 Å². The van der Waals surface area contributed by atoms with Crippen molar-refractivity contribution in [2.24, 2.45) is 5.16 Å². The predicted molar refractivity (Wildman–Crippen MR) is 77.9 cm³/mol. The standard InChI is InChI=1S/C15H20N2O4/c1-11(17-19)12-2-4-14(5-3-12)21-10-15(18)16-13-6-8-20-9-7-13/h2-5,13,19H,6-10H2,1H3,(H,16,18). The summed E-state index contributed by atoms with van der Waals surface area (Å²) in [7, 11) is 0. The molecule has 21 heavy (non-hydrogen) atoms. The Bertz CT molecular complexity index is 493. The quantitative estimate of drug-likeness (QED) is 0.490. The largest absolute Gasteiger partial charge is 0.484 e. The molecule has 0 radical (unpaired) electrons. The SMILES string of the molecule is CC(=NO)c1ccc(OCC(=O)NC2CCOCC2)cc1. The van der Waals surface area contributed by atoms with E-state index in [9.17, 15) is 4.79 Å². The van der Waals surface area contributed by atoms with Crippen LogP contribution in [0.5, 0.6) is 5.75 Å². The van der Waals surface area contributed by atoms with Crippen LogP contribution in [-0.2, 0) is 9.53 Å². The van der Waals surface area contributed by atoms with Gasteiger partial charge in [-0.25, -0.2) is 0 Å². The molecule has 0 spiro atoms. The highest BCUT2D eigenvalue weighted by Gasteiger charge is 2.16. The average molecular weight is 292 g/mol. The molecule has 1 amide bonds. The van der Waals surface area contributed by atoms with Gasteiger partial charge >= 0.3 is 0 Å². The molecule has 0 saturated carbocycles. The first-order valence-corrected chi connectivity index (χ1v) is 6.98. The van der Waals surface area contributed by atoms with E-state index in [1.54, 1.807) is 31.2 Å². The van der Waals surface area contributed by atoms with E-state index in [1.165, 1.54) is 0 Å². The van der Waals surface area contributed by atoms with Crippen LogP contribution in [0.4, 0.5) is 0 Å². The molecular formula is C15H20N2O4. The van der Waals surface area contributed by atoms with Gasteiger partial charge in [0.05, 0.1) is 5.71 Å². The number of carbonyl (C=O) groups is 1. The molecule has 1 aliphatic rings. The van der Waals surface area contributed by atoms with E-state index < -0.39 is 0 Å². The lowest BCUT2D eigenvalue weighted by molar-refractivity contribution is -0.124. The van der Waals surface area contributed by atoms with Crippen LogP contribution in [0.3, 0.4) is 0 Å². The van der Waals surface area contributed by atoms with Gasteiger partial charge in [0.15, 0.2) is 6.61 Å². The van der Waals surface area contributed by atoms with Crippen LogP contribution in [0, 0.1) is 0 Å². The van der Waals surface area contributed by atoms with Crippen LogP contribution >= 0.6 is 0 Å². The van der Waals surface area contributed by atoms with Crippen molar-refractivity contribution in [1.82, 2.24) is 5.32 Å². The summed E-state index contributed by atoms with van der Waals surface area (Å²) in [6, 6.07) is 7.22. The first-order valence-electron chi connectivity index (χ1n) is 6.98. The minimum Gasteiger partial charge on any atom is -0.484 e. The van der Waals surface area contributed by atoms with Crippen molar-refractivity contribution in [3.63, 3.8) is 0 Å². The molecule has 2 N–H and O–H groups in total. The highest BCUT2D eigenvalue weighted by atomic mass is 16.5. The van der Waals surface area contributed by atoms with Gasteiger partial charge in [-0.1, -0.05) is 5.16 Å². The highest BCUT2D eigenvalue weighted by molar-refractivity contribution is 5.98. The van der Waals surface area contributed by atoms with Crippen molar-refractivity contribution in [3.8, 4) is 5.75 Å². The van der Waals surface area contributed by atoms with Crippen molar-refractivity contribution < 1.29 is 19.5 Å².